The third-order valence-electron chi connectivity index (χ3n) is 2.25. The highest BCUT2D eigenvalue weighted by Crippen LogP contribution is 2.14. The summed E-state index contributed by atoms with van der Waals surface area (Å²) in [6.07, 6.45) is 2.83. The molecule has 0 amide bonds. The Kier molecular flexibility index (Phi) is 2.15. The van der Waals surface area contributed by atoms with Crippen molar-refractivity contribution in [2.24, 2.45) is 5.92 Å². The van der Waals surface area contributed by atoms with Gasteiger partial charge in [-0.15, -0.1) is 0 Å². The van der Waals surface area contributed by atoms with Crippen molar-refractivity contribution < 1.29 is 0 Å². The van der Waals surface area contributed by atoms with Crippen LogP contribution in [0, 0.1) is 5.92 Å². The smallest absolute Gasteiger partial charge is 0.115 e. The molecular formula is C11H15N3. The fourth-order valence-electron chi connectivity index (χ4n) is 1.65. The molecule has 0 saturated heterocycles. The normalized spacial score (nSPS) is 11.4. The number of pyridine rings is 1. The van der Waals surface area contributed by atoms with E-state index in [9.17, 15) is 0 Å². The minimum absolute atomic E-state index is 0.597. The second-order valence-corrected chi connectivity index (χ2v) is 3.98. The van der Waals surface area contributed by atoms with E-state index in [0.717, 1.165) is 23.6 Å². The molecule has 2 aromatic rings. The summed E-state index contributed by atoms with van der Waals surface area (Å²) in [6, 6.07) is 5.87. The summed E-state index contributed by atoms with van der Waals surface area (Å²) in [5.41, 5.74) is 6.97. The molecule has 0 spiro atoms. The molecule has 0 aliphatic carbocycles. The van der Waals surface area contributed by atoms with Crippen molar-refractivity contribution >= 4 is 11.3 Å². The molecule has 74 valence electrons. The molecule has 2 heterocycles. The summed E-state index contributed by atoms with van der Waals surface area (Å²) < 4.78 is 2.01. The lowest BCUT2D eigenvalue weighted by molar-refractivity contribution is 0.620. The van der Waals surface area contributed by atoms with Gasteiger partial charge in [-0.2, -0.15) is 0 Å². The van der Waals surface area contributed by atoms with Crippen LogP contribution in [-0.4, -0.2) is 9.38 Å². The van der Waals surface area contributed by atoms with E-state index in [1.807, 2.05) is 28.8 Å². The Morgan fingerprint density at radius 3 is 2.93 bits per heavy atom. The van der Waals surface area contributed by atoms with Crippen LogP contribution in [0.15, 0.2) is 24.4 Å². The quantitative estimate of drug-likeness (QED) is 0.786. The Hall–Kier alpha value is -1.51. The van der Waals surface area contributed by atoms with E-state index in [4.69, 9.17) is 5.73 Å². The Morgan fingerprint density at radius 2 is 2.21 bits per heavy atom. The molecule has 3 heteroatoms. The van der Waals surface area contributed by atoms with E-state index in [-0.39, 0.29) is 0 Å². The van der Waals surface area contributed by atoms with E-state index in [2.05, 4.69) is 18.8 Å². The first-order valence-electron chi connectivity index (χ1n) is 4.89. The number of nitrogens with zero attached hydrogens (tertiary/aromatic N) is 2. The number of anilines is 1. The van der Waals surface area contributed by atoms with Gasteiger partial charge < -0.3 is 5.73 Å². The predicted octanol–water partition coefficient (Wildman–Crippen LogP) is 2.11. The molecule has 0 unspecified atom stereocenters. The Bertz CT molecular complexity index is 443. The Balaban J connectivity index is 2.55. The molecule has 2 N–H and O–H groups in total. The average Bonchev–Trinajstić information content (AvgIpc) is 2.49. The molecule has 14 heavy (non-hydrogen) atoms. The van der Waals surface area contributed by atoms with Crippen molar-refractivity contribution in [1.82, 2.24) is 9.38 Å². The topological polar surface area (TPSA) is 43.3 Å². The minimum Gasteiger partial charge on any atom is -0.385 e. The maximum atomic E-state index is 5.90. The number of hydrogen-bond acceptors (Lipinski definition) is 2. The number of fused-ring (bicyclic) bond motifs is 1. The molecule has 0 aromatic carbocycles. The maximum Gasteiger partial charge on any atom is 0.115 e. The van der Waals surface area contributed by atoms with E-state index >= 15 is 0 Å². The first kappa shape index (κ1) is 9.06. The summed E-state index contributed by atoms with van der Waals surface area (Å²) in [5, 5.41) is 0. The molecule has 0 aliphatic rings. The highest BCUT2D eigenvalue weighted by atomic mass is 15.1. The van der Waals surface area contributed by atoms with E-state index in [1.165, 1.54) is 0 Å². The lowest BCUT2D eigenvalue weighted by atomic mass is 10.1. The second-order valence-electron chi connectivity index (χ2n) is 3.98. The Morgan fingerprint density at radius 1 is 1.43 bits per heavy atom. The van der Waals surface area contributed by atoms with Crippen molar-refractivity contribution in [2.75, 3.05) is 5.73 Å². The average molecular weight is 189 g/mol. The van der Waals surface area contributed by atoms with Crippen LogP contribution in [-0.2, 0) is 6.42 Å². The molecule has 2 rings (SSSR count). The van der Waals surface area contributed by atoms with Crippen molar-refractivity contribution in [3.8, 4) is 0 Å². The molecule has 2 aromatic heterocycles. The van der Waals surface area contributed by atoms with Crippen LogP contribution in [0.4, 0.5) is 5.82 Å². The van der Waals surface area contributed by atoms with E-state index < -0.39 is 0 Å². The molecule has 0 radical (unpaired) electrons. The molecule has 3 nitrogen and oxygen atoms in total. The first-order chi connectivity index (χ1) is 6.68. The van der Waals surface area contributed by atoms with Gasteiger partial charge >= 0.3 is 0 Å². The van der Waals surface area contributed by atoms with Gasteiger partial charge in [0.1, 0.15) is 11.6 Å². The van der Waals surface area contributed by atoms with Crippen LogP contribution in [0.1, 0.15) is 19.7 Å². The molecular weight excluding hydrogens is 174 g/mol. The van der Waals surface area contributed by atoms with Crippen molar-refractivity contribution in [3.05, 3.63) is 30.2 Å². The van der Waals surface area contributed by atoms with Gasteiger partial charge in [0.05, 0.1) is 11.7 Å². The van der Waals surface area contributed by atoms with Gasteiger partial charge in [0, 0.05) is 6.42 Å². The highest BCUT2D eigenvalue weighted by Gasteiger charge is 2.06. The largest absolute Gasteiger partial charge is 0.385 e. The van der Waals surface area contributed by atoms with E-state index in [0.29, 0.717) is 5.92 Å². The number of nitrogen functional groups attached to an aromatic ring is 1. The SMILES string of the molecule is CC(C)Cc1ncc2cccc(N)n12. The number of aromatic nitrogens is 2. The van der Waals surface area contributed by atoms with Gasteiger partial charge in [-0.1, -0.05) is 19.9 Å². The third-order valence-corrected chi connectivity index (χ3v) is 2.25. The van der Waals surface area contributed by atoms with Crippen molar-refractivity contribution in [2.45, 2.75) is 20.3 Å². The minimum atomic E-state index is 0.597. The summed E-state index contributed by atoms with van der Waals surface area (Å²) in [6.45, 7) is 4.36. The highest BCUT2D eigenvalue weighted by molar-refractivity contribution is 5.53. The maximum absolute atomic E-state index is 5.90. The van der Waals surface area contributed by atoms with Gasteiger partial charge in [0.25, 0.3) is 0 Å². The fraction of sp³-hybridized carbons (Fsp3) is 0.364. The zero-order valence-corrected chi connectivity index (χ0v) is 8.57. The van der Waals surface area contributed by atoms with Gasteiger partial charge in [0.2, 0.25) is 0 Å². The van der Waals surface area contributed by atoms with Gasteiger partial charge in [-0.05, 0) is 18.1 Å². The van der Waals surface area contributed by atoms with E-state index in [1.54, 1.807) is 0 Å². The molecule has 0 fully saturated rings. The fourth-order valence-corrected chi connectivity index (χ4v) is 1.65. The standard InChI is InChI=1S/C11H15N3/c1-8(2)6-11-13-7-9-4-3-5-10(12)14(9)11/h3-5,7-8H,6,12H2,1-2H3. The van der Waals surface area contributed by atoms with Gasteiger partial charge in [-0.3, -0.25) is 4.40 Å². The summed E-state index contributed by atoms with van der Waals surface area (Å²) >= 11 is 0. The monoisotopic (exact) mass is 189 g/mol. The zero-order chi connectivity index (χ0) is 10.1. The molecule has 0 aliphatic heterocycles. The summed E-state index contributed by atoms with van der Waals surface area (Å²) in [4.78, 5) is 4.38. The molecule has 0 atom stereocenters. The summed E-state index contributed by atoms with van der Waals surface area (Å²) in [5.74, 6) is 2.41. The molecule has 0 saturated carbocycles. The number of rotatable bonds is 2. The Labute approximate surface area is 83.6 Å². The molecule has 0 bridgehead atoms. The number of hydrogen-bond donors (Lipinski definition) is 1. The number of nitrogens with two attached hydrogens (primary N) is 1. The van der Waals surface area contributed by atoms with Crippen LogP contribution in [0.25, 0.3) is 5.52 Å². The van der Waals surface area contributed by atoms with Gasteiger partial charge in [-0.25, -0.2) is 4.98 Å². The van der Waals surface area contributed by atoms with Crippen LogP contribution in [0.5, 0.6) is 0 Å². The second kappa shape index (κ2) is 3.33. The van der Waals surface area contributed by atoms with Crippen LogP contribution in [0.2, 0.25) is 0 Å². The summed E-state index contributed by atoms with van der Waals surface area (Å²) in [7, 11) is 0. The van der Waals surface area contributed by atoms with Crippen LogP contribution in [0.3, 0.4) is 0 Å². The lowest BCUT2D eigenvalue weighted by Crippen LogP contribution is -2.04. The van der Waals surface area contributed by atoms with Crippen molar-refractivity contribution in [3.63, 3.8) is 0 Å². The lowest BCUT2D eigenvalue weighted by Gasteiger charge is -2.06. The number of imidazole rings is 1. The zero-order valence-electron chi connectivity index (χ0n) is 8.57. The predicted molar refractivity (Wildman–Crippen MR) is 58.1 cm³/mol. The van der Waals surface area contributed by atoms with Gasteiger partial charge in [0.15, 0.2) is 0 Å². The first-order valence-corrected chi connectivity index (χ1v) is 4.89. The van der Waals surface area contributed by atoms with Crippen LogP contribution < -0.4 is 5.73 Å². The third kappa shape index (κ3) is 1.45. The van der Waals surface area contributed by atoms with Crippen LogP contribution >= 0.6 is 0 Å². The van der Waals surface area contributed by atoms with Crippen molar-refractivity contribution in [1.29, 1.82) is 0 Å².